The Balaban J connectivity index is 0.924. The Bertz CT molecular complexity index is 3170. The minimum atomic E-state index is -2.29. The summed E-state index contributed by atoms with van der Waals surface area (Å²) in [6.07, 6.45) is -25.8. The van der Waals surface area contributed by atoms with E-state index in [2.05, 4.69) is 46.9 Å². The molecule has 4 saturated heterocycles. The van der Waals surface area contributed by atoms with Crippen molar-refractivity contribution in [1.29, 1.82) is 0 Å². The van der Waals surface area contributed by atoms with E-state index in [1.807, 2.05) is 0 Å². The molecule has 26 atom stereocenters. The highest BCUT2D eigenvalue weighted by Crippen LogP contribution is 2.38. The van der Waals surface area contributed by atoms with Gasteiger partial charge in [-0.25, -0.2) is 9.57 Å². The minimum absolute atomic E-state index is 0.00257. The first-order chi connectivity index (χ1) is 46.4. The molecular formula is C60H88N12O25+2. The molecule has 5 fully saturated rings. The van der Waals surface area contributed by atoms with Crippen LogP contribution in [-0.2, 0) is 54.0 Å². The first-order valence-electron chi connectivity index (χ1n) is 32.1. The lowest BCUT2D eigenvalue weighted by atomic mass is 9.92. The molecule has 0 radical (unpaired) electrons. The molecule has 7 heterocycles. The number of aliphatic imine (C=N–C) groups is 1. The molecule has 1 aliphatic carbocycles. The van der Waals surface area contributed by atoms with Gasteiger partial charge in [0, 0.05) is 24.2 Å². The molecule has 0 aromatic heterocycles. The van der Waals surface area contributed by atoms with E-state index >= 15 is 9.59 Å². The van der Waals surface area contributed by atoms with E-state index in [0.717, 1.165) is 30.3 Å². The molecule has 10 rings (SSSR count). The summed E-state index contributed by atoms with van der Waals surface area (Å²) in [5.41, 5.74) is 13.0. The maximum absolute atomic E-state index is 15.2. The lowest BCUT2D eigenvalue weighted by molar-refractivity contribution is -0.663. The number of carbonyl (C=O) groups excluding carboxylic acids is 4. The summed E-state index contributed by atoms with van der Waals surface area (Å²) in [4.78, 5) is 69.2. The molecule has 1 saturated carbocycles. The average molecular weight is 1380 g/mol. The summed E-state index contributed by atoms with van der Waals surface area (Å²) >= 11 is 0. The van der Waals surface area contributed by atoms with Gasteiger partial charge in [0.25, 0.3) is 0 Å². The molecule has 25 N–H and O–H groups in total. The van der Waals surface area contributed by atoms with Crippen molar-refractivity contribution in [2.45, 2.75) is 198 Å². The van der Waals surface area contributed by atoms with Crippen LogP contribution >= 0.6 is 0 Å². The fraction of sp³-hybridized carbons (Fsp3) is 0.667. The molecule has 37 nitrogen and oxygen atoms in total. The number of benzene rings is 2. The van der Waals surface area contributed by atoms with Gasteiger partial charge in [-0.2, -0.15) is 0 Å². The molecule has 2 aromatic rings. The predicted molar refractivity (Wildman–Crippen MR) is 324 cm³/mol. The number of guanidine groups is 2. The number of nitrogens with two attached hydrogens (primary N) is 2. The van der Waals surface area contributed by atoms with Gasteiger partial charge < -0.3 is 126 Å². The van der Waals surface area contributed by atoms with Crippen molar-refractivity contribution in [1.82, 2.24) is 31.9 Å². The summed E-state index contributed by atoms with van der Waals surface area (Å²) < 4.78 is 42.5. The highest BCUT2D eigenvalue weighted by atomic mass is 16.8. The third-order valence-electron chi connectivity index (χ3n) is 18.9. The smallest absolute Gasteiger partial charge is 0.358 e. The Labute approximate surface area is 553 Å². The van der Waals surface area contributed by atoms with E-state index in [-0.39, 0.29) is 42.3 Å². The van der Waals surface area contributed by atoms with E-state index in [4.69, 9.17) is 44.6 Å². The number of nitrogens with one attached hydrogen (secondary N) is 8. The number of carbonyl (C=O) groups is 4. The van der Waals surface area contributed by atoms with E-state index in [1.165, 1.54) is 24.3 Å². The second-order valence-corrected chi connectivity index (χ2v) is 25.3. The van der Waals surface area contributed by atoms with Gasteiger partial charge in [-0.05, 0) is 36.1 Å². The Morgan fingerprint density at radius 3 is 2.03 bits per heavy atom. The Morgan fingerprint density at radius 2 is 1.36 bits per heavy atom. The Morgan fingerprint density at radius 1 is 0.701 bits per heavy atom. The largest absolute Gasteiger partial charge is 0.858 e. The predicted octanol–water partition coefficient (Wildman–Crippen LogP) is -15.1. The van der Waals surface area contributed by atoms with Crippen LogP contribution in [0.4, 0.5) is 0 Å². The van der Waals surface area contributed by atoms with E-state index in [9.17, 15) is 81.1 Å². The van der Waals surface area contributed by atoms with Gasteiger partial charge in [-0.15, -0.1) is 0 Å². The average Bonchev–Trinajstić information content (AvgIpc) is 1.71. The SMILES string of the molecule is C[C@H](c1ccccc1)[C@H]1N=C([O-])C[NH+]=C(O)C(CO)NC(=O)[C@@H]([C@H](O)[C@@H]2CNC(N)=[N+]2[C@@H]2O[C@@H](CO)[C@H](O)[C@H](O)[C@@H]2O)NC(=O)[C@H]([C@H](O)[C@@H]2C[NH+]=C(N)N2)NC(=O)[C@@H](Cc2ccc(O[C@H]3O[C@H](CO)[C@@H](O[C@@H]4O[C@@H]5COC(C6CCCC6)O[C@@H]5[C@@H](O)[C@H]4O)[C@@H](O)[C@H]3O)cc2)NC1=O. The lowest BCUT2D eigenvalue weighted by Gasteiger charge is -2.49. The van der Waals surface area contributed by atoms with Crippen molar-refractivity contribution in [2.24, 2.45) is 22.4 Å². The molecule has 8 aliphatic rings. The van der Waals surface area contributed by atoms with Gasteiger partial charge in [-0.3, -0.25) is 51.3 Å². The van der Waals surface area contributed by atoms with E-state index in [0.29, 0.717) is 5.56 Å². The van der Waals surface area contributed by atoms with Crippen LogP contribution in [0.1, 0.15) is 49.7 Å². The normalized spacial score (nSPS) is 38.4. The molecule has 97 heavy (non-hydrogen) atoms. The molecule has 4 amide bonds. The lowest BCUT2D eigenvalue weighted by Crippen LogP contribution is -2.80. The quantitative estimate of drug-likeness (QED) is 0.0654. The molecule has 2 unspecified atom stereocenters. The number of aliphatic hydroxyl groups excluding tert-OH is 13. The van der Waals surface area contributed by atoms with Crippen LogP contribution in [0.2, 0.25) is 0 Å². The standard InChI is InChI=1S/C60H86N12O25/c1-23(25-7-3-2-4-8-25)36-52(88)66-28(15-24-11-13-27(14-12-24)92-57-46(84)43(81)48(33(21-75)94-57)97-58-47(85)44(82)49-34(95-58)22-91-56(96-49)26-9-5-6-10-26)51(87)70-37(39(77)29-16-64-59(61)68-29)54(90)71-38(53(89)67-30(19-73)50(86)63-18-35(76)69-36)40(78)31-17-65-60(62)72(31)55-45(83)42(80)41(79)32(20-74)93-55/h2-4,7-8,11-14,23,26,28-34,36-49,55-58,73-75,77-85H,5-6,9-10,15-22H2,1H3,(H11,61,62,63,64,65,66,67,68,69,70,71,76,86,87,88,89,90)/p+2/t23-,28-,29+,30?,31+,32+,33-,34-,36-,37+,38-,39-,40-,41+,42+,43+,44+,45+,46-,47-,48-,49+,55-,56?,57+,58+/m1/s1. The fourth-order valence-corrected chi connectivity index (χ4v) is 13.3. The highest BCUT2D eigenvalue weighted by Gasteiger charge is 2.56. The second kappa shape index (κ2) is 31.8. The van der Waals surface area contributed by atoms with Crippen LogP contribution in [-0.4, -0.2) is 317 Å². The van der Waals surface area contributed by atoms with E-state index in [1.54, 1.807) is 37.3 Å². The maximum Gasteiger partial charge on any atom is 0.358 e. The molecule has 37 heteroatoms. The monoisotopic (exact) mass is 1380 g/mol. The van der Waals surface area contributed by atoms with Gasteiger partial charge in [0.15, 0.2) is 25.2 Å². The zero-order valence-electron chi connectivity index (χ0n) is 52.5. The van der Waals surface area contributed by atoms with Crippen molar-refractivity contribution in [2.75, 3.05) is 46.1 Å². The molecule has 7 aliphatic heterocycles. The fourth-order valence-electron chi connectivity index (χ4n) is 13.3. The molecule has 0 bridgehead atoms. The van der Waals surface area contributed by atoms with Gasteiger partial charge in [0.1, 0.15) is 134 Å². The van der Waals surface area contributed by atoms with Gasteiger partial charge in [0.05, 0.1) is 33.0 Å². The van der Waals surface area contributed by atoms with Gasteiger partial charge in [-0.1, -0.05) is 62.2 Å². The molecule has 2 aromatic carbocycles. The molecule has 0 spiro atoms. The Hall–Kier alpha value is -7.12. The first-order valence-corrected chi connectivity index (χ1v) is 32.1. The van der Waals surface area contributed by atoms with Crippen LogP contribution in [0, 0.1) is 5.92 Å². The summed E-state index contributed by atoms with van der Waals surface area (Å²) in [6, 6.07) is 1.34. The molecule has 536 valence electrons. The number of ether oxygens (including phenoxy) is 7. The highest BCUT2D eigenvalue weighted by molar-refractivity contribution is 5.97. The summed E-state index contributed by atoms with van der Waals surface area (Å²) in [7, 11) is 0. The van der Waals surface area contributed by atoms with Crippen LogP contribution < -0.4 is 63.2 Å². The zero-order valence-corrected chi connectivity index (χ0v) is 52.5. The Kier molecular flexibility index (Phi) is 23.8. The topological polar surface area (TPSA) is 586 Å². The van der Waals surface area contributed by atoms with Gasteiger partial charge >= 0.3 is 17.8 Å². The minimum Gasteiger partial charge on any atom is -0.858 e. The maximum atomic E-state index is 15.2. The number of aliphatic hydroxyl groups is 13. The third-order valence-corrected chi connectivity index (χ3v) is 18.9. The number of fused-ring (bicyclic) bond motifs is 1. The van der Waals surface area contributed by atoms with Crippen molar-refractivity contribution in [3.63, 3.8) is 0 Å². The number of nitrogens with zero attached hydrogens (tertiary/aromatic N) is 2. The third kappa shape index (κ3) is 16.1. The number of rotatable bonds is 17. The zero-order chi connectivity index (χ0) is 69.7. The van der Waals surface area contributed by atoms with Crippen molar-refractivity contribution >= 4 is 47.3 Å². The van der Waals surface area contributed by atoms with Crippen molar-refractivity contribution in [3.05, 3.63) is 65.7 Å². The number of hydrogen-bond donors (Lipinski definition) is 23. The van der Waals surface area contributed by atoms with Crippen molar-refractivity contribution < 1.29 is 138 Å². The van der Waals surface area contributed by atoms with Crippen molar-refractivity contribution in [3.8, 4) is 5.75 Å². The molecular weight excluding hydrogens is 1290 g/mol. The van der Waals surface area contributed by atoms with Gasteiger partial charge in [0.2, 0.25) is 36.1 Å². The van der Waals surface area contributed by atoms with Crippen LogP contribution in [0.3, 0.4) is 0 Å². The van der Waals surface area contributed by atoms with Crippen LogP contribution in [0.15, 0.2) is 59.6 Å². The van der Waals surface area contributed by atoms with Crippen LogP contribution in [0.25, 0.3) is 0 Å². The van der Waals surface area contributed by atoms with Crippen LogP contribution in [0.5, 0.6) is 5.75 Å². The number of amides is 4. The summed E-state index contributed by atoms with van der Waals surface area (Å²) in [5.74, 6) is -8.27. The summed E-state index contributed by atoms with van der Waals surface area (Å²) in [5, 5.41) is 174. The summed E-state index contributed by atoms with van der Waals surface area (Å²) in [6.45, 7) is -2.69. The van der Waals surface area contributed by atoms with E-state index < -0.39 is 234 Å². The number of hydrogen-bond acceptors (Lipinski definition) is 29. The first kappa shape index (κ1) is 72.6. The second-order valence-electron chi connectivity index (χ2n) is 25.3.